The highest BCUT2D eigenvalue weighted by Crippen LogP contribution is 2.31. The molecule has 0 unspecified atom stereocenters. The third-order valence-corrected chi connectivity index (χ3v) is 3.38. The summed E-state index contributed by atoms with van der Waals surface area (Å²) in [5.74, 6) is -0.997. The third kappa shape index (κ3) is 2.12. The van der Waals surface area contributed by atoms with Gasteiger partial charge in [-0.3, -0.25) is 4.98 Å². The van der Waals surface area contributed by atoms with E-state index in [1.807, 2.05) is 30.3 Å². The summed E-state index contributed by atoms with van der Waals surface area (Å²) in [4.78, 5) is 15.7. The summed E-state index contributed by atoms with van der Waals surface area (Å²) in [7, 11) is 0. The average molecular weight is 284 g/mol. The summed E-state index contributed by atoms with van der Waals surface area (Å²) in [5.41, 5.74) is 2.50. The number of halogens is 1. The third-order valence-electron chi connectivity index (χ3n) is 3.15. The summed E-state index contributed by atoms with van der Waals surface area (Å²) in [6, 6.07) is 14.3. The van der Waals surface area contributed by atoms with E-state index < -0.39 is 5.97 Å². The van der Waals surface area contributed by atoms with Crippen molar-refractivity contribution < 1.29 is 9.90 Å². The molecule has 3 nitrogen and oxygen atoms in total. The Labute approximate surface area is 120 Å². The molecular formula is C16H10ClNO2. The molecule has 0 radical (unpaired) electrons. The van der Waals surface area contributed by atoms with E-state index in [2.05, 4.69) is 4.98 Å². The molecule has 0 aliphatic rings. The second-order valence-corrected chi connectivity index (χ2v) is 4.81. The van der Waals surface area contributed by atoms with Gasteiger partial charge in [-0.05, 0) is 35.4 Å². The van der Waals surface area contributed by atoms with E-state index in [4.69, 9.17) is 11.6 Å². The van der Waals surface area contributed by atoms with Crippen molar-refractivity contribution in [2.45, 2.75) is 0 Å². The lowest BCUT2D eigenvalue weighted by molar-refractivity contribution is 0.0698. The molecule has 0 amide bonds. The normalized spacial score (nSPS) is 10.7. The molecule has 1 aromatic heterocycles. The molecule has 0 aliphatic heterocycles. The van der Waals surface area contributed by atoms with Crippen molar-refractivity contribution >= 4 is 28.5 Å². The number of benzene rings is 2. The van der Waals surface area contributed by atoms with Crippen LogP contribution in [0, 0.1) is 0 Å². The Kier molecular flexibility index (Phi) is 3.12. The maximum absolute atomic E-state index is 11.4. The summed E-state index contributed by atoms with van der Waals surface area (Å²) < 4.78 is 0. The highest BCUT2D eigenvalue weighted by molar-refractivity contribution is 6.31. The van der Waals surface area contributed by atoms with Crippen molar-refractivity contribution in [1.29, 1.82) is 0 Å². The van der Waals surface area contributed by atoms with Crippen LogP contribution in [0.5, 0.6) is 0 Å². The number of hydrogen-bond acceptors (Lipinski definition) is 2. The van der Waals surface area contributed by atoms with Gasteiger partial charge in [-0.2, -0.15) is 0 Å². The molecule has 1 heterocycles. The fourth-order valence-corrected chi connectivity index (χ4v) is 2.44. The number of fused-ring (bicyclic) bond motifs is 1. The molecule has 0 aliphatic carbocycles. The van der Waals surface area contributed by atoms with E-state index in [-0.39, 0.29) is 5.56 Å². The van der Waals surface area contributed by atoms with Gasteiger partial charge in [0.15, 0.2) is 0 Å². The second kappa shape index (κ2) is 4.94. The van der Waals surface area contributed by atoms with Crippen molar-refractivity contribution in [3.05, 3.63) is 65.3 Å². The van der Waals surface area contributed by atoms with Crippen LogP contribution in [0.25, 0.3) is 22.0 Å². The zero-order valence-electron chi connectivity index (χ0n) is 10.4. The molecule has 3 aromatic rings. The molecule has 2 aromatic carbocycles. The minimum atomic E-state index is -0.997. The number of aromatic nitrogens is 1. The molecule has 4 heteroatoms. The van der Waals surface area contributed by atoms with Crippen molar-refractivity contribution in [2.75, 3.05) is 0 Å². The maximum atomic E-state index is 11.4. The van der Waals surface area contributed by atoms with E-state index in [1.165, 1.54) is 6.07 Å². The van der Waals surface area contributed by atoms with Crippen molar-refractivity contribution in [3.63, 3.8) is 0 Å². The number of pyridine rings is 1. The monoisotopic (exact) mass is 283 g/mol. The van der Waals surface area contributed by atoms with Crippen LogP contribution < -0.4 is 0 Å². The van der Waals surface area contributed by atoms with Gasteiger partial charge in [-0.15, -0.1) is 0 Å². The molecular weight excluding hydrogens is 274 g/mol. The van der Waals surface area contributed by atoms with E-state index >= 15 is 0 Å². The predicted molar refractivity (Wildman–Crippen MR) is 79.1 cm³/mol. The minimum absolute atomic E-state index is 0.189. The molecule has 20 heavy (non-hydrogen) atoms. The van der Waals surface area contributed by atoms with Gasteiger partial charge < -0.3 is 5.11 Å². The van der Waals surface area contributed by atoms with Crippen LogP contribution >= 0.6 is 11.6 Å². The SMILES string of the molecule is O=C(O)c1cc(Cl)ccc1-c1cccc2ncccc12. The summed E-state index contributed by atoms with van der Waals surface area (Å²) >= 11 is 5.89. The smallest absolute Gasteiger partial charge is 0.336 e. The van der Waals surface area contributed by atoms with Crippen LogP contribution in [-0.4, -0.2) is 16.1 Å². The van der Waals surface area contributed by atoms with Crippen molar-refractivity contribution in [2.24, 2.45) is 0 Å². The molecule has 1 N–H and O–H groups in total. The van der Waals surface area contributed by atoms with Gasteiger partial charge in [0, 0.05) is 16.6 Å². The largest absolute Gasteiger partial charge is 0.478 e. The first-order valence-corrected chi connectivity index (χ1v) is 6.41. The minimum Gasteiger partial charge on any atom is -0.478 e. The summed E-state index contributed by atoms with van der Waals surface area (Å²) in [6.45, 7) is 0. The first kappa shape index (κ1) is 12.6. The fourth-order valence-electron chi connectivity index (χ4n) is 2.27. The number of nitrogens with zero attached hydrogens (tertiary/aromatic N) is 1. The second-order valence-electron chi connectivity index (χ2n) is 4.37. The van der Waals surface area contributed by atoms with Crippen LogP contribution in [0.4, 0.5) is 0 Å². The highest BCUT2D eigenvalue weighted by atomic mass is 35.5. The first-order chi connectivity index (χ1) is 9.66. The number of carboxylic acids is 1. The lowest BCUT2D eigenvalue weighted by Crippen LogP contribution is -1.99. The molecule has 3 rings (SSSR count). The Hall–Kier alpha value is -2.39. The van der Waals surface area contributed by atoms with Crippen LogP contribution in [0.1, 0.15) is 10.4 Å². The predicted octanol–water partition coefficient (Wildman–Crippen LogP) is 4.25. The number of carbonyl (C=O) groups is 1. The Morgan fingerprint density at radius 1 is 1.05 bits per heavy atom. The van der Waals surface area contributed by atoms with E-state index in [9.17, 15) is 9.90 Å². The van der Waals surface area contributed by atoms with E-state index in [1.54, 1.807) is 18.3 Å². The maximum Gasteiger partial charge on any atom is 0.336 e. The van der Waals surface area contributed by atoms with Gasteiger partial charge in [0.05, 0.1) is 11.1 Å². The molecule has 0 saturated heterocycles. The van der Waals surface area contributed by atoms with Crippen LogP contribution in [0.15, 0.2) is 54.7 Å². The van der Waals surface area contributed by atoms with Crippen molar-refractivity contribution in [3.8, 4) is 11.1 Å². The first-order valence-electron chi connectivity index (χ1n) is 6.04. The average Bonchev–Trinajstić information content (AvgIpc) is 2.46. The van der Waals surface area contributed by atoms with Gasteiger partial charge >= 0.3 is 5.97 Å². The number of rotatable bonds is 2. The Morgan fingerprint density at radius 2 is 1.90 bits per heavy atom. The van der Waals surface area contributed by atoms with E-state index in [0.29, 0.717) is 10.6 Å². The van der Waals surface area contributed by atoms with Crippen LogP contribution in [0.3, 0.4) is 0 Å². The molecule has 0 bridgehead atoms. The van der Waals surface area contributed by atoms with Gasteiger partial charge in [0.1, 0.15) is 0 Å². The quantitative estimate of drug-likeness (QED) is 0.765. The Bertz CT molecular complexity index is 809. The standard InChI is InChI=1S/C16H10ClNO2/c17-10-6-7-12(14(9-10)16(19)20)11-3-1-5-15-13(11)4-2-8-18-15/h1-9H,(H,19,20). The summed E-state index contributed by atoms with van der Waals surface area (Å²) in [5, 5.41) is 10.7. The molecule has 0 saturated carbocycles. The van der Waals surface area contributed by atoms with Gasteiger partial charge in [0.25, 0.3) is 0 Å². The van der Waals surface area contributed by atoms with E-state index in [0.717, 1.165) is 16.5 Å². The highest BCUT2D eigenvalue weighted by Gasteiger charge is 2.14. The number of carboxylic acid groups (broad SMARTS) is 1. The summed E-state index contributed by atoms with van der Waals surface area (Å²) in [6.07, 6.45) is 1.71. The van der Waals surface area contributed by atoms with Crippen LogP contribution in [0.2, 0.25) is 5.02 Å². The number of hydrogen-bond donors (Lipinski definition) is 1. The number of aromatic carboxylic acids is 1. The van der Waals surface area contributed by atoms with Gasteiger partial charge in [0.2, 0.25) is 0 Å². The topological polar surface area (TPSA) is 50.2 Å². The molecule has 0 atom stereocenters. The lowest BCUT2D eigenvalue weighted by Gasteiger charge is -2.09. The molecule has 0 fully saturated rings. The molecule has 0 spiro atoms. The zero-order chi connectivity index (χ0) is 14.1. The lowest BCUT2D eigenvalue weighted by atomic mass is 9.96. The van der Waals surface area contributed by atoms with Crippen molar-refractivity contribution in [1.82, 2.24) is 4.98 Å². The molecule has 98 valence electrons. The fraction of sp³-hybridized carbons (Fsp3) is 0. The zero-order valence-corrected chi connectivity index (χ0v) is 11.1. The Balaban J connectivity index is 2.34. The Morgan fingerprint density at radius 3 is 2.70 bits per heavy atom. The van der Waals surface area contributed by atoms with Crippen LogP contribution in [-0.2, 0) is 0 Å². The van der Waals surface area contributed by atoms with Gasteiger partial charge in [-0.25, -0.2) is 4.79 Å². The van der Waals surface area contributed by atoms with Gasteiger partial charge in [-0.1, -0.05) is 35.9 Å².